The summed E-state index contributed by atoms with van der Waals surface area (Å²) in [6.45, 7) is 9.30. The van der Waals surface area contributed by atoms with Crippen LogP contribution in [0.5, 0.6) is 5.88 Å². The molecule has 1 atom stereocenters. The van der Waals surface area contributed by atoms with E-state index in [1.807, 2.05) is 13.1 Å². The zero-order valence-corrected chi connectivity index (χ0v) is 11.0. The quantitative estimate of drug-likeness (QED) is 0.803. The van der Waals surface area contributed by atoms with Crippen LogP contribution in [-0.2, 0) is 6.42 Å². The molecule has 2 rings (SSSR count). The van der Waals surface area contributed by atoms with Gasteiger partial charge in [0, 0.05) is 18.5 Å². The maximum absolute atomic E-state index is 5.95. The van der Waals surface area contributed by atoms with Gasteiger partial charge in [-0.2, -0.15) is 0 Å². The molecule has 1 unspecified atom stereocenters. The highest BCUT2D eigenvalue weighted by molar-refractivity contribution is 6.02. The number of hydrogen-bond donors (Lipinski definition) is 0. The molecular formula is C14H20N2O. The van der Waals surface area contributed by atoms with Crippen LogP contribution in [0.25, 0.3) is 0 Å². The maximum atomic E-state index is 5.95. The van der Waals surface area contributed by atoms with Gasteiger partial charge >= 0.3 is 0 Å². The van der Waals surface area contributed by atoms with Crippen molar-refractivity contribution in [3.8, 4) is 5.88 Å². The van der Waals surface area contributed by atoms with Crippen molar-refractivity contribution in [1.29, 1.82) is 0 Å². The van der Waals surface area contributed by atoms with Crippen molar-refractivity contribution in [3.05, 3.63) is 23.4 Å². The van der Waals surface area contributed by atoms with Crippen LogP contribution in [0, 0.1) is 5.92 Å². The second kappa shape index (κ2) is 4.86. The molecule has 1 aliphatic heterocycles. The Bertz CT molecular complexity index is 438. The standard InChI is InChI=1S/C14H20N2O/c1-9(2)11(4)17-14-13-10(3)15-7-5-12(13)6-8-16-14/h6,8-9,11H,5,7H2,1-4H3. The first-order chi connectivity index (χ1) is 8.09. The van der Waals surface area contributed by atoms with E-state index >= 15 is 0 Å². The van der Waals surface area contributed by atoms with Crippen LogP contribution in [0.3, 0.4) is 0 Å². The van der Waals surface area contributed by atoms with E-state index in [9.17, 15) is 0 Å². The molecule has 0 saturated carbocycles. The summed E-state index contributed by atoms with van der Waals surface area (Å²) in [6.07, 6.45) is 2.99. The van der Waals surface area contributed by atoms with Gasteiger partial charge in [0.2, 0.25) is 5.88 Å². The molecule has 0 aromatic carbocycles. The van der Waals surface area contributed by atoms with Gasteiger partial charge in [0.05, 0.1) is 11.7 Å². The number of aliphatic imine (C=N–C) groups is 1. The van der Waals surface area contributed by atoms with E-state index in [2.05, 4.69) is 36.8 Å². The van der Waals surface area contributed by atoms with Crippen LogP contribution in [0.2, 0.25) is 0 Å². The van der Waals surface area contributed by atoms with Crippen molar-refractivity contribution in [1.82, 2.24) is 4.98 Å². The summed E-state index contributed by atoms with van der Waals surface area (Å²) < 4.78 is 5.95. The molecule has 1 aromatic rings. The highest BCUT2D eigenvalue weighted by atomic mass is 16.5. The summed E-state index contributed by atoms with van der Waals surface area (Å²) >= 11 is 0. The number of aromatic nitrogens is 1. The van der Waals surface area contributed by atoms with E-state index in [0.29, 0.717) is 5.92 Å². The lowest BCUT2D eigenvalue weighted by molar-refractivity contribution is 0.163. The molecule has 2 heterocycles. The average Bonchev–Trinajstić information content (AvgIpc) is 2.29. The van der Waals surface area contributed by atoms with Crippen molar-refractivity contribution in [2.24, 2.45) is 10.9 Å². The van der Waals surface area contributed by atoms with Crippen molar-refractivity contribution < 1.29 is 4.74 Å². The third-order valence-electron chi connectivity index (χ3n) is 3.33. The summed E-state index contributed by atoms with van der Waals surface area (Å²) in [7, 11) is 0. The molecule has 1 aromatic heterocycles. The van der Waals surface area contributed by atoms with Gasteiger partial charge in [-0.25, -0.2) is 4.98 Å². The van der Waals surface area contributed by atoms with Crippen LogP contribution in [0.15, 0.2) is 17.3 Å². The predicted molar refractivity (Wildman–Crippen MR) is 69.9 cm³/mol. The van der Waals surface area contributed by atoms with Crippen molar-refractivity contribution in [2.45, 2.75) is 40.2 Å². The fourth-order valence-electron chi connectivity index (χ4n) is 1.90. The summed E-state index contributed by atoms with van der Waals surface area (Å²) in [5, 5.41) is 0. The molecule has 3 heteroatoms. The zero-order chi connectivity index (χ0) is 12.4. The van der Waals surface area contributed by atoms with Crippen LogP contribution in [0.4, 0.5) is 0 Å². The molecule has 0 spiro atoms. The lowest BCUT2D eigenvalue weighted by Crippen LogP contribution is -2.22. The first-order valence-electron chi connectivity index (χ1n) is 6.25. The lowest BCUT2D eigenvalue weighted by Gasteiger charge is -2.22. The molecule has 0 radical (unpaired) electrons. The Balaban J connectivity index is 2.33. The second-order valence-corrected chi connectivity index (χ2v) is 4.93. The largest absolute Gasteiger partial charge is 0.474 e. The van der Waals surface area contributed by atoms with Crippen LogP contribution >= 0.6 is 0 Å². The number of fused-ring (bicyclic) bond motifs is 1. The van der Waals surface area contributed by atoms with E-state index in [-0.39, 0.29) is 6.10 Å². The van der Waals surface area contributed by atoms with Gasteiger partial charge in [0.1, 0.15) is 0 Å². The summed E-state index contributed by atoms with van der Waals surface area (Å²) in [5.74, 6) is 1.22. The first kappa shape index (κ1) is 12.1. The van der Waals surface area contributed by atoms with E-state index in [4.69, 9.17) is 4.74 Å². The average molecular weight is 232 g/mol. The molecule has 0 N–H and O–H groups in total. The fourth-order valence-corrected chi connectivity index (χ4v) is 1.90. The molecule has 0 bridgehead atoms. The molecule has 0 aliphatic carbocycles. The minimum Gasteiger partial charge on any atom is -0.474 e. The zero-order valence-electron chi connectivity index (χ0n) is 11.0. The molecule has 17 heavy (non-hydrogen) atoms. The minimum absolute atomic E-state index is 0.170. The number of hydrogen-bond acceptors (Lipinski definition) is 3. The van der Waals surface area contributed by atoms with Crippen molar-refractivity contribution in [2.75, 3.05) is 6.54 Å². The van der Waals surface area contributed by atoms with E-state index in [1.165, 1.54) is 5.56 Å². The fraction of sp³-hybridized carbons (Fsp3) is 0.571. The number of pyridine rings is 1. The monoisotopic (exact) mass is 232 g/mol. The Kier molecular flexibility index (Phi) is 3.46. The van der Waals surface area contributed by atoms with Gasteiger partial charge < -0.3 is 4.74 Å². The van der Waals surface area contributed by atoms with Crippen molar-refractivity contribution in [3.63, 3.8) is 0 Å². The van der Waals surface area contributed by atoms with E-state index in [0.717, 1.165) is 30.1 Å². The minimum atomic E-state index is 0.170. The Labute approximate surface area is 103 Å². The lowest BCUT2D eigenvalue weighted by atomic mass is 10.00. The van der Waals surface area contributed by atoms with E-state index < -0.39 is 0 Å². The SMILES string of the molecule is CC1=NCCc2ccnc(OC(C)C(C)C)c21. The Morgan fingerprint density at radius 1 is 1.29 bits per heavy atom. The van der Waals surface area contributed by atoms with Crippen molar-refractivity contribution >= 4 is 5.71 Å². The first-order valence-corrected chi connectivity index (χ1v) is 6.25. The Morgan fingerprint density at radius 3 is 2.76 bits per heavy atom. The third kappa shape index (κ3) is 2.48. The second-order valence-electron chi connectivity index (χ2n) is 4.93. The molecule has 3 nitrogen and oxygen atoms in total. The number of ether oxygens (including phenoxy) is 1. The highest BCUT2D eigenvalue weighted by Gasteiger charge is 2.19. The van der Waals surface area contributed by atoms with Gasteiger partial charge in [-0.15, -0.1) is 0 Å². The van der Waals surface area contributed by atoms with Crippen LogP contribution in [0.1, 0.15) is 38.8 Å². The van der Waals surface area contributed by atoms with Crippen LogP contribution in [-0.4, -0.2) is 23.3 Å². The van der Waals surface area contributed by atoms with Gasteiger partial charge in [-0.3, -0.25) is 4.99 Å². The normalized spacial score (nSPS) is 16.4. The molecule has 0 amide bonds. The van der Waals surface area contributed by atoms with Crippen LogP contribution < -0.4 is 4.74 Å². The van der Waals surface area contributed by atoms with Gasteiger partial charge in [-0.1, -0.05) is 13.8 Å². The topological polar surface area (TPSA) is 34.5 Å². The Morgan fingerprint density at radius 2 is 2.06 bits per heavy atom. The predicted octanol–water partition coefficient (Wildman–Crippen LogP) is 2.87. The highest BCUT2D eigenvalue weighted by Crippen LogP contribution is 2.25. The van der Waals surface area contributed by atoms with Gasteiger partial charge in [-0.05, 0) is 37.8 Å². The Hall–Kier alpha value is -1.38. The summed E-state index contributed by atoms with van der Waals surface area (Å²) in [5.41, 5.74) is 3.45. The third-order valence-corrected chi connectivity index (χ3v) is 3.33. The molecule has 0 fully saturated rings. The summed E-state index contributed by atoms with van der Waals surface area (Å²) in [6, 6.07) is 2.07. The molecule has 0 saturated heterocycles. The number of nitrogens with zero attached hydrogens (tertiary/aromatic N) is 2. The summed E-state index contributed by atoms with van der Waals surface area (Å²) in [4.78, 5) is 8.84. The van der Waals surface area contributed by atoms with Gasteiger partial charge in [0.15, 0.2) is 0 Å². The van der Waals surface area contributed by atoms with E-state index in [1.54, 1.807) is 0 Å². The maximum Gasteiger partial charge on any atom is 0.223 e. The van der Waals surface area contributed by atoms with Gasteiger partial charge in [0.25, 0.3) is 0 Å². The smallest absolute Gasteiger partial charge is 0.223 e. The molecule has 1 aliphatic rings. The molecular weight excluding hydrogens is 212 g/mol. The number of rotatable bonds is 3. The molecule has 92 valence electrons.